The smallest absolute Gasteiger partial charge is 0.311 e. The van der Waals surface area contributed by atoms with Gasteiger partial charge >= 0.3 is 5.97 Å². The van der Waals surface area contributed by atoms with Crippen molar-refractivity contribution in [3.8, 4) is 11.6 Å². The molecule has 3 unspecified atom stereocenters. The molecule has 2 heterocycles. The molecular weight excluding hydrogens is 198 g/mol. The fourth-order valence-electron chi connectivity index (χ4n) is 2.22. The Morgan fingerprint density at radius 1 is 1.67 bits per heavy atom. The molecule has 3 rings (SSSR count). The summed E-state index contributed by atoms with van der Waals surface area (Å²) >= 11 is 0. The highest BCUT2D eigenvalue weighted by atomic mass is 16.5. The van der Waals surface area contributed by atoms with Crippen molar-refractivity contribution in [3.05, 3.63) is 17.8 Å². The zero-order valence-corrected chi connectivity index (χ0v) is 8.01. The summed E-state index contributed by atoms with van der Waals surface area (Å²) in [6.07, 6.45) is 1.37. The minimum Gasteiger partial charge on any atom is -0.488 e. The first-order valence-corrected chi connectivity index (χ1v) is 4.66. The maximum Gasteiger partial charge on any atom is 0.311 e. The topological polar surface area (TPSA) is 68.7 Å². The van der Waals surface area contributed by atoms with Gasteiger partial charge in [0.05, 0.1) is 12.7 Å². The molecule has 0 saturated heterocycles. The van der Waals surface area contributed by atoms with Gasteiger partial charge in [-0.05, 0) is 6.07 Å². The molecule has 1 aromatic rings. The molecule has 3 atom stereocenters. The van der Waals surface area contributed by atoms with E-state index in [9.17, 15) is 4.79 Å². The third-order valence-corrected chi connectivity index (χ3v) is 2.94. The zero-order chi connectivity index (χ0) is 10.6. The van der Waals surface area contributed by atoms with Gasteiger partial charge in [0.25, 0.3) is 0 Å². The normalized spacial score (nSPS) is 30.1. The third kappa shape index (κ3) is 0.973. The number of carboxylic acid groups (broad SMARTS) is 1. The Bertz CT molecular complexity index is 445. The van der Waals surface area contributed by atoms with E-state index in [4.69, 9.17) is 14.6 Å². The van der Waals surface area contributed by atoms with Crippen LogP contribution < -0.4 is 9.47 Å². The quantitative estimate of drug-likeness (QED) is 0.771. The SMILES string of the molecule is COc1nccc2c1C1C(O2)C1C(=O)O. The zero-order valence-electron chi connectivity index (χ0n) is 8.01. The first-order valence-electron chi connectivity index (χ1n) is 4.66. The molecule has 1 fully saturated rings. The van der Waals surface area contributed by atoms with Crippen molar-refractivity contribution in [1.29, 1.82) is 0 Å². The van der Waals surface area contributed by atoms with Crippen LogP contribution in [-0.2, 0) is 4.79 Å². The van der Waals surface area contributed by atoms with Crippen molar-refractivity contribution in [2.24, 2.45) is 5.92 Å². The molecule has 0 spiro atoms. The van der Waals surface area contributed by atoms with E-state index in [2.05, 4.69) is 4.98 Å². The number of pyridine rings is 1. The Hall–Kier alpha value is -1.78. The number of carboxylic acids is 1. The van der Waals surface area contributed by atoms with Crippen LogP contribution in [0.25, 0.3) is 0 Å². The molecule has 2 aliphatic rings. The first kappa shape index (κ1) is 8.52. The van der Waals surface area contributed by atoms with Crippen molar-refractivity contribution in [2.45, 2.75) is 12.0 Å². The number of fused-ring (bicyclic) bond motifs is 3. The van der Waals surface area contributed by atoms with Crippen molar-refractivity contribution < 1.29 is 19.4 Å². The Morgan fingerprint density at radius 3 is 3.13 bits per heavy atom. The molecule has 5 nitrogen and oxygen atoms in total. The van der Waals surface area contributed by atoms with Crippen LogP contribution in [0.15, 0.2) is 12.3 Å². The van der Waals surface area contributed by atoms with Crippen molar-refractivity contribution in [1.82, 2.24) is 4.98 Å². The van der Waals surface area contributed by atoms with E-state index in [1.165, 1.54) is 7.11 Å². The van der Waals surface area contributed by atoms with Gasteiger partial charge in [-0.3, -0.25) is 4.79 Å². The van der Waals surface area contributed by atoms with Crippen molar-refractivity contribution >= 4 is 5.97 Å². The maximum atomic E-state index is 10.8. The van der Waals surface area contributed by atoms with E-state index in [1.807, 2.05) is 0 Å². The molecule has 0 bridgehead atoms. The lowest BCUT2D eigenvalue weighted by molar-refractivity contribution is -0.139. The molecule has 1 saturated carbocycles. The lowest BCUT2D eigenvalue weighted by atomic mass is 10.1. The molecule has 1 N–H and O–H groups in total. The van der Waals surface area contributed by atoms with E-state index >= 15 is 0 Å². The predicted molar refractivity (Wildman–Crippen MR) is 49.1 cm³/mol. The van der Waals surface area contributed by atoms with Crippen LogP contribution in [0, 0.1) is 5.92 Å². The lowest BCUT2D eigenvalue weighted by Gasteiger charge is -2.08. The van der Waals surface area contributed by atoms with E-state index in [0.717, 1.165) is 5.56 Å². The third-order valence-electron chi connectivity index (χ3n) is 2.94. The second kappa shape index (κ2) is 2.62. The average Bonchev–Trinajstić information content (AvgIpc) is 2.81. The second-order valence-electron chi connectivity index (χ2n) is 3.70. The Labute approximate surface area is 85.6 Å². The van der Waals surface area contributed by atoms with Gasteiger partial charge < -0.3 is 14.6 Å². The number of hydrogen-bond acceptors (Lipinski definition) is 4. The molecule has 1 aliphatic heterocycles. The fraction of sp³-hybridized carbons (Fsp3) is 0.400. The number of aliphatic carboxylic acids is 1. The van der Waals surface area contributed by atoms with Crippen molar-refractivity contribution in [2.75, 3.05) is 7.11 Å². The van der Waals surface area contributed by atoms with Crippen LogP contribution in [0.4, 0.5) is 0 Å². The second-order valence-corrected chi connectivity index (χ2v) is 3.70. The molecule has 0 aromatic carbocycles. The summed E-state index contributed by atoms with van der Waals surface area (Å²) < 4.78 is 10.6. The van der Waals surface area contributed by atoms with Gasteiger partial charge in [-0.1, -0.05) is 0 Å². The van der Waals surface area contributed by atoms with E-state index in [1.54, 1.807) is 12.3 Å². The Kier molecular flexibility index (Phi) is 1.49. The number of carbonyl (C=O) groups is 1. The predicted octanol–water partition coefficient (Wildman–Crippen LogP) is 0.649. The van der Waals surface area contributed by atoms with E-state index < -0.39 is 11.9 Å². The molecule has 0 radical (unpaired) electrons. The Balaban J connectivity index is 2.03. The van der Waals surface area contributed by atoms with Gasteiger partial charge in [0.2, 0.25) is 5.88 Å². The monoisotopic (exact) mass is 207 g/mol. The van der Waals surface area contributed by atoms with Crippen molar-refractivity contribution in [3.63, 3.8) is 0 Å². The number of ether oxygens (including phenoxy) is 2. The molecule has 1 aromatic heterocycles. The molecule has 0 amide bonds. The molecule has 1 aliphatic carbocycles. The maximum absolute atomic E-state index is 10.8. The van der Waals surface area contributed by atoms with Crippen LogP contribution in [0.1, 0.15) is 11.5 Å². The average molecular weight is 207 g/mol. The first-order chi connectivity index (χ1) is 7.24. The van der Waals surface area contributed by atoms with E-state index in [0.29, 0.717) is 11.6 Å². The summed E-state index contributed by atoms with van der Waals surface area (Å²) in [6.45, 7) is 0. The van der Waals surface area contributed by atoms with Crippen LogP contribution in [-0.4, -0.2) is 29.3 Å². The molecule has 78 valence electrons. The Morgan fingerprint density at radius 2 is 2.47 bits per heavy atom. The van der Waals surface area contributed by atoms with Crippen LogP contribution in [0.5, 0.6) is 11.6 Å². The summed E-state index contributed by atoms with van der Waals surface area (Å²) in [6, 6.07) is 1.74. The van der Waals surface area contributed by atoms with Gasteiger partial charge in [-0.2, -0.15) is 0 Å². The summed E-state index contributed by atoms with van der Waals surface area (Å²) in [5, 5.41) is 8.91. The van der Waals surface area contributed by atoms with Crippen LogP contribution in [0.2, 0.25) is 0 Å². The molecule has 5 heteroatoms. The van der Waals surface area contributed by atoms with Crippen LogP contribution in [0.3, 0.4) is 0 Å². The molecule has 15 heavy (non-hydrogen) atoms. The van der Waals surface area contributed by atoms with Gasteiger partial charge in [-0.25, -0.2) is 4.98 Å². The fourth-order valence-corrected chi connectivity index (χ4v) is 2.22. The highest BCUT2D eigenvalue weighted by Gasteiger charge is 2.64. The number of nitrogens with zero attached hydrogens (tertiary/aromatic N) is 1. The summed E-state index contributed by atoms with van der Waals surface area (Å²) in [7, 11) is 1.52. The number of aromatic nitrogens is 1. The lowest BCUT2D eigenvalue weighted by Crippen LogP contribution is -2.08. The highest BCUT2D eigenvalue weighted by Crippen LogP contribution is 2.60. The minimum absolute atomic E-state index is 0.0823. The van der Waals surface area contributed by atoms with Gasteiger partial charge in [0.15, 0.2) is 0 Å². The summed E-state index contributed by atoms with van der Waals surface area (Å²) in [5.74, 6) is -0.156. The van der Waals surface area contributed by atoms with Gasteiger partial charge in [0, 0.05) is 12.1 Å². The van der Waals surface area contributed by atoms with E-state index in [-0.39, 0.29) is 12.0 Å². The number of hydrogen-bond donors (Lipinski definition) is 1. The minimum atomic E-state index is -0.818. The summed E-state index contributed by atoms with van der Waals surface area (Å²) in [4.78, 5) is 14.9. The standard InChI is InChI=1S/C10H9NO4/c1-14-9-5-4(2-3-11-9)15-8-6(5)7(8)10(12)13/h2-3,6-8H,1H3,(H,12,13). The summed E-state index contributed by atoms with van der Waals surface area (Å²) in [5.41, 5.74) is 0.803. The number of methoxy groups -OCH3 is 1. The van der Waals surface area contributed by atoms with Gasteiger partial charge in [0.1, 0.15) is 17.8 Å². The largest absolute Gasteiger partial charge is 0.488 e. The molecular formula is C10H9NO4. The highest BCUT2D eigenvalue weighted by molar-refractivity contribution is 5.79. The van der Waals surface area contributed by atoms with Gasteiger partial charge in [-0.15, -0.1) is 0 Å². The number of rotatable bonds is 2. The van der Waals surface area contributed by atoms with Crippen LogP contribution >= 0.6 is 0 Å².